The molecule has 1 aliphatic heterocycles. The first-order valence-corrected chi connectivity index (χ1v) is 6.75. The van der Waals surface area contributed by atoms with E-state index in [0.717, 1.165) is 25.8 Å². The van der Waals surface area contributed by atoms with Crippen molar-refractivity contribution in [2.24, 2.45) is 0 Å². The smallest absolute Gasteiger partial charge is 0.304 e. The lowest BCUT2D eigenvalue weighted by molar-refractivity contribution is -0.138. The SMILES string of the molecule is CCC(c1ccccc1)N1CCCC1CC(=O)O. The van der Waals surface area contributed by atoms with Crippen molar-refractivity contribution in [3.05, 3.63) is 35.9 Å². The predicted molar refractivity (Wildman–Crippen MR) is 71.5 cm³/mol. The largest absolute Gasteiger partial charge is 0.481 e. The molecule has 0 spiro atoms. The van der Waals surface area contributed by atoms with E-state index in [9.17, 15) is 4.79 Å². The zero-order valence-corrected chi connectivity index (χ0v) is 10.9. The third-order valence-corrected chi connectivity index (χ3v) is 3.80. The summed E-state index contributed by atoms with van der Waals surface area (Å²) >= 11 is 0. The Hall–Kier alpha value is -1.35. The van der Waals surface area contributed by atoms with Gasteiger partial charge in [-0.25, -0.2) is 0 Å². The van der Waals surface area contributed by atoms with Crippen LogP contribution in [-0.4, -0.2) is 28.6 Å². The van der Waals surface area contributed by atoms with Gasteiger partial charge in [-0.1, -0.05) is 37.3 Å². The summed E-state index contributed by atoms with van der Waals surface area (Å²) in [6.45, 7) is 3.19. The van der Waals surface area contributed by atoms with Gasteiger partial charge in [0, 0.05) is 12.1 Å². The van der Waals surface area contributed by atoms with Crippen molar-refractivity contribution >= 4 is 5.97 Å². The fraction of sp³-hybridized carbons (Fsp3) is 0.533. The highest BCUT2D eigenvalue weighted by Gasteiger charge is 2.31. The van der Waals surface area contributed by atoms with Crippen LogP contribution in [0.1, 0.15) is 44.2 Å². The number of carboxylic acids is 1. The summed E-state index contributed by atoms with van der Waals surface area (Å²) < 4.78 is 0. The molecule has 18 heavy (non-hydrogen) atoms. The van der Waals surface area contributed by atoms with Gasteiger partial charge in [0.15, 0.2) is 0 Å². The molecule has 1 saturated heterocycles. The number of rotatable bonds is 5. The Kier molecular flexibility index (Phi) is 4.37. The Morgan fingerprint density at radius 3 is 2.78 bits per heavy atom. The number of benzene rings is 1. The van der Waals surface area contributed by atoms with Crippen molar-refractivity contribution in [1.29, 1.82) is 0 Å². The fourth-order valence-corrected chi connectivity index (χ4v) is 3.03. The Balaban J connectivity index is 2.14. The molecule has 1 heterocycles. The van der Waals surface area contributed by atoms with Crippen molar-refractivity contribution in [2.45, 2.75) is 44.7 Å². The van der Waals surface area contributed by atoms with Gasteiger partial charge in [0.1, 0.15) is 0 Å². The molecule has 1 N–H and O–H groups in total. The van der Waals surface area contributed by atoms with Gasteiger partial charge in [-0.15, -0.1) is 0 Å². The summed E-state index contributed by atoms with van der Waals surface area (Å²) in [6, 6.07) is 11.0. The number of hydrogen-bond donors (Lipinski definition) is 1. The van der Waals surface area contributed by atoms with Gasteiger partial charge < -0.3 is 5.11 Å². The molecule has 2 unspecified atom stereocenters. The topological polar surface area (TPSA) is 40.5 Å². The monoisotopic (exact) mass is 247 g/mol. The van der Waals surface area contributed by atoms with Crippen LogP contribution in [0.15, 0.2) is 30.3 Å². The van der Waals surface area contributed by atoms with E-state index in [-0.39, 0.29) is 12.5 Å². The zero-order valence-electron chi connectivity index (χ0n) is 10.9. The van der Waals surface area contributed by atoms with E-state index in [1.165, 1.54) is 5.56 Å². The van der Waals surface area contributed by atoms with E-state index < -0.39 is 5.97 Å². The third-order valence-electron chi connectivity index (χ3n) is 3.80. The standard InChI is InChI=1S/C15H21NO2/c1-2-14(12-7-4-3-5-8-12)16-10-6-9-13(16)11-15(17)18/h3-5,7-8,13-14H,2,6,9-11H2,1H3,(H,17,18). The van der Waals surface area contributed by atoms with Gasteiger partial charge in [-0.2, -0.15) is 0 Å². The summed E-state index contributed by atoms with van der Waals surface area (Å²) in [5.74, 6) is -0.685. The number of aliphatic carboxylic acids is 1. The fourth-order valence-electron chi connectivity index (χ4n) is 3.03. The molecule has 1 aromatic rings. The van der Waals surface area contributed by atoms with Gasteiger partial charge >= 0.3 is 5.97 Å². The third kappa shape index (κ3) is 2.91. The van der Waals surface area contributed by atoms with Crippen LogP contribution in [-0.2, 0) is 4.79 Å². The summed E-state index contributed by atoms with van der Waals surface area (Å²) in [5.41, 5.74) is 1.30. The van der Waals surface area contributed by atoms with Crippen LogP contribution >= 0.6 is 0 Å². The first-order valence-electron chi connectivity index (χ1n) is 6.75. The van der Waals surface area contributed by atoms with Crippen molar-refractivity contribution < 1.29 is 9.90 Å². The predicted octanol–water partition coefficient (Wildman–Crippen LogP) is 3.08. The molecular formula is C15H21NO2. The molecule has 0 amide bonds. The Morgan fingerprint density at radius 1 is 1.44 bits per heavy atom. The second-order valence-corrected chi connectivity index (χ2v) is 4.97. The lowest BCUT2D eigenvalue weighted by Crippen LogP contribution is -2.34. The number of carbonyl (C=O) groups is 1. The molecule has 1 aromatic carbocycles. The van der Waals surface area contributed by atoms with Gasteiger partial charge in [0.2, 0.25) is 0 Å². The van der Waals surface area contributed by atoms with Crippen LogP contribution in [0.3, 0.4) is 0 Å². The van der Waals surface area contributed by atoms with Crippen LogP contribution in [0.4, 0.5) is 0 Å². The molecule has 3 heteroatoms. The summed E-state index contributed by atoms with van der Waals surface area (Å²) in [7, 11) is 0. The highest BCUT2D eigenvalue weighted by Crippen LogP contribution is 2.32. The Labute approximate surface area is 108 Å². The number of likely N-dealkylation sites (tertiary alicyclic amines) is 1. The maximum atomic E-state index is 10.9. The van der Waals surface area contributed by atoms with Crippen molar-refractivity contribution in [3.63, 3.8) is 0 Å². The van der Waals surface area contributed by atoms with Crippen LogP contribution in [0.2, 0.25) is 0 Å². The minimum absolute atomic E-state index is 0.202. The first-order chi connectivity index (χ1) is 8.72. The second kappa shape index (κ2) is 6.01. The molecule has 2 atom stereocenters. The summed E-state index contributed by atoms with van der Waals surface area (Å²) in [4.78, 5) is 13.3. The van der Waals surface area contributed by atoms with E-state index >= 15 is 0 Å². The zero-order chi connectivity index (χ0) is 13.0. The number of nitrogens with zero attached hydrogens (tertiary/aromatic N) is 1. The summed E-state index contributed by atoms with van der Waals surface area (Å²) in [5, 5.41) is 8.99. The van der Waals surface area contributed by atoms with E-state index in [1.807, 2.05) is 6.07 Å². The highest BCUT2D eigenvalue weighted by atomic mass is 16.4. The molecule has 0 aliphatic carbocycles. The minimum Gasteiger partial charge on any atom is -0.481 e. The first kappa shape index (κ1) is 13.1. The molecule has 0 saturated carbocycles. The Bertz CT molecular complexity index is 391. The van der Waals surface area contributed by atoms with Crippen LogP contribution in [0.25, 0.3) is 0 Å². The molecule has 0 bridgehead atoms. The number of carboxylic acid groups (broad SMARTS) is 1. The molecule has 2 rings (SSSR count). The van der Waals surface area contributed by atoms with Gasteiger partial charge in [-0.3, -0.25) is 9.69 Å². The van der Waals surface area contributed by atoms with E-state index in [0.29, 0.717) is 6.04 Å². The van der Waals surface area contributed by atoms with Gasteiger partial charge in [0.05, 0.1) is 6.42 Å². The maximum absolute atomic E-state index is 10.9. The van der Waals surface area contributed by atoms with Gasteiger partial charge in [-0.05, 0) is 31.4 Å². The van der Waals surface area contributed by atoms with Crippen LogP contribution in [0, 0.1) is 0 Å². The summed E-state index contributed by atoms with van der Waals surface area (Å²) in [6.07, 6.45) is 3.42. The minimum atomic E-state index is -0.685. The molecule has 1 fully saturated rings. The molecule has 0 aromatic heterocycles. The Morgan fingerprint density at radius 2 is 2.17 bits per heavy atom. The molecular weight excluding hydrogens is 226 g/mol. The lowest BCUT2D eigenvalue weighted by atomic mass is 10.0. The van der Waals surface area contributed by atoms with Crippen LogP contribution < -0.4 is 0 Å². The van der Waals surface area contributed by atoms with Crippen LogP contribution in [0.5, 0.6) is 0 Å². The normalized spacial score (nSPS) is 21.9. The molecule has 0 radical (unpaired) electrons. The van der Waals surface area contributed by atoms with Crippen molar-refractivity contribution in [3.8, 4) is 0 Å². The number of hydrogen-bond acceptors (Lipinski definition) is 2. The van der Waals surface area contributed by atoms with Crippen molar-refractivity contribution in [2.75, 3.05) is 6.54 Å². The second-order valence-electron chi connectivity index (χ2n) is 4.97. The quantitative estimate of drug-likeness (QED) is 0.869. The van der Waals surface area contributed by atoms with E-state index in [4.69, 9.17) is 5.11 Å². The van der Waals surface area contributed by atoms with Gasteiger partial charge in [0.25, 0.3) is 0 Å². The lowest BCUT2D eigenvalue weighted by Gasteiger charge is -2.32. The molecule has 3 nitrogen and oxygen atoms in total. The van der Waals surface area contributed by atoms with Crippen molar-refractivity contribution in [1.82, 2.24) is 4.90 Å². The highest BCUT2D eigenvalue weighted by molar-refractivity contribution is 5.67. The average Bonchev–Trinajstić information content (AvgIpc) is 2.79. The molecule has 98 valence electrons. The maximum Gasteiger partial charge on any atom is 0.304 e. The average molecular weight is 247 g/mol. The molecule has 1 aliphatic rings. The van der Waals surface area contributed by atoms with E-state index in [2.05, 4.69) is 36.1 Å². The van der Waals surface area contributed by atoms with E-state index in [1.54, 1.807) is 0 Å².